The van der Waals surface area contributed by atoms with Gasteiger partial charge in [0.05, 0.1) is 12.2 Å². The lowest BCUT2D eigenvalue weighted by Gasteiger charge is -2.17. The van der Waals surface area contributed by atoms with E-state index in [1.807, 2.05) is 0 Å². The third kappa shape index (κ3) is 6.02. The molecule has 0 N–H and O–H groups in total. The molecule has 3 nitrogen and oxygen atoms in total. The lowest BCUT2D eigenvalue weighted by Crippen LogP contribution is -2.06. The third-order valence-electron chi connectivity index (χ3n) is 1.88. The van der Waals surface area contributed by atoms with E-state index < -0.39 is 7.60 Å². The minimum absolute atomic E-state index is 0.257. The van der Waals surface area contributed by atoms with Gasteiger partial charge in [-0.2, -0.15) is 0 Å². The normalized spacial score (nSPS) is 11.5. The van der Waals surface area contributed by atoms with Gasteiger partial charge in [0, 0.05) is 11.2 Å². The lowest BCUT2D eigenvalue weighted by molar-refractivity contribution is 0.151. The van der Waals surface area contributed by atoms with E-state index in [-0.39, 0.29) is 18.0 Å². The Morgan fingerprint density at radius 1 is 1.05 bits per heavy atom. The van der Waals surface area contributed by atoms with Crippen molar-refractivity contribution >= 4 is 7.60 Å². The monoisotopic (exact) mass is 284 g/mol. The van der Waals surface area contributed by atoms with Crippen LogP contribution in [0.2, 0.25) is 0 Å². The molecule has 104 valence electrons. The topological polar surface area (TPSA) is 35.5 Å². The van der Waals surface area contributed by atoms with Crippen LogP contribution in [0.25, 0.3) is 0 Å². The van der Waals surface area contributed by atoms with Crippen LogP contribution in [0.15, 0.2) is 24.3 Å². The highest BCUT2D eigenvalue weighted by Gasteiger charge is 2.25. The Morgan fingerprint density at radius 2 is 1.53 bits per heavy atom. The molecule has 0 aliphatic carbocycles. The molecule has 19 heavy (non-hydrogen) atoms. The van der Waals surface area contributed by atoms with Crippen molar-refractivity contribution in [2.45, 2.75) is 39.9 Å². The highest BCUT2D eigenvalue weighted by atomic mass is 31.2. The molecule has 0 saturated heterocycles. The van der Waals surface area contributed by atoms with Crippen molar-refractivity contribution in [3.8, 4) is 11.6 Å². The number of hydrogen-bond donors (Lipinski definition) is 0. The molecule has 0 bridgehead atoms. The molecule has 0 spiro atoms. The van der Waals surface area contributed by atoms with Crippen molar-refractivity contribution in [1.82, 2.24) is 0 Å². The van der Waals surface area contributed by atoms with E-state index in [4.69, 9.17) is 9.05 Å². The minimum Gasteiger partial charge on any atom is -0.297 e. The van der Waals surface area contributed by atoms with Gasteiger partial charge in [-0.1, -0.05) is 5.92 Å². The van der Waals surface area contributed by atoms with Crippen LogP contribution in [-0.4, -0.2) is 12.2 Å². The van der Waals surface area contributed by atoms with Crippen LogP contribution in [0.4, 0.5) is 4.39 Å². The van der Waals surface area contributed by atoms with E-state index >= 15 is 0 Å². The quantitative estimate of drug-likeness (QED) is 0.614. The van der Waals surface area contributed by atoms with E-state index in [0.29, 0.717) is 5.56 Å². The van der Waals surface area contributed by atoms with Gasteiger partial charge < -0.3 is 0 Å². The Kier molecular flexibility index (Phi) is 5.75. The molecule has 5 heteroatoms. The molecule has 0 aliphatic rings. The maximum Gasteiger partial charge on any atom is 0.406 e. The zero-order valence-corrected chi connectivity index (χ0v) is 12.4. The summed E-state index contributed by atoms with van der Waals surface area (Å²) < 4.78 is 35.7. The highest BCUT2D eigenvalue weighted by Crippen LogP contribution is 2.49. The van der Waals surface area contributed by atoms with Crippen molar-refractivity contribution in [3.63, 3.8) is 0 Å². The molecular formula is C14H18FO3P. The molecule has 0 amide bonds. The van der Waals surface area contributed by atoms with Gasteiger partial charge in [-0.05, 0) is 52.0 Å². The van der Waals surface area contributed by atoms with E-state index in [1.54, 1.807) is 27.7 Å². The van der Waals surface area contributed by atoms with Crippen molar-refractivity contribution in [3.05, 3.63) is 35.6 Å². The van der Waals surface area contributed by atoms with Crippen molar-refractivity contribution < 1.29 is 18.0 Å². The van der Waals surface area contributed by atoms with Crippen molar-refractivity contribution in [2.75, 3.05) is 0 Å². The summed E-state index contributed by atoms with van der Waals surface area (Å²) in [7, 11) is -3.46. The maximum atomic E-state index is 12.8. The predicted octanol–water partition coefficient (Wildman–Crippen LogP) is 4.18. The fourth-order valence-electron chi connectivity index (χ4n) is 1.30. The molecule has 0 radical (unpaired) electrons. The zero-order chi connectivity index (χ0) is 14.5. The molecule has 0 aromatic heterocycles. The van der Waals surface area contributed by atoms with Gasteiger partial charge in [0.25, 0.3) is 0 Å². The molecule has 0 heterocycles. The Hall–Kier alpha value is -1.14. The van der Waals surface area contributed by atoms with E-state index in [9.17, 15) is 8.96 Å². The fourth-order valence-corrected chi connectivity index (χ4v) is 2.83. The molecule has 1 aromatic carbocycles. The smallest absolute Gasteiger partial charge is 0.297 e. The second-order valence-corrected chi connectivity index (χ2v) is 6.19. The molecule has 1 aromatic rings. The summed E-state index contributed by atoms with van der Waals surface area (Å²) in [6, 6.07) is 5.61. The number of hydrogen-bond acceptors (Lipinski definition) is 3. The summed E-state index contributed by atoms with van der Waals surface area (Å²) in [5.41, 5.74) is 3.09. The van der Waals surface area contributed by atoms with Crippen molar-refractivity contribution in [2.24, 2.45) is 0 Å². The van der Waals surface area contributed by atoms with Crippen molar-refractivity contribution in [1.29, 1.82) is 0 Å². The molecule has 0 unspecified atom stereocenters. The second-order valence-electron chi connectivity index (χ2n) is 4.55. The summed E-state index contributed by atoms with van der Waals surface area (Å²) >= 11 is 0. The van der Waals surface area contributed by atoms with Crippen LogP contribution in [0, 0.1) is 17.4 Å². The first-order chi connectivity index (χ1) is 8.81. The highest BCUT2D eigenvalue weighted by molar-refractivity contribution is 7.59. The predicted molar refractivity (Wildman–Crippen MR) is 73.3 cm³/mol. The molecule has 0 fully saturated rings. The molecule has 0 saturated carbocycles. The molecular weight excluding hydrogens is 266 g/mol. The Balaban J connectivity index is 2.95. The van der Waals surface area contributed by atoms with Gasteiger partial charge in [-0.25, -0.2) is 8.96 Å². The van der Waals surface area contributed by atoms with Crippen LogP contribution in [-0.2, 0) is 13.6 Å². The van der Waals surface area contributed by atoms with Crippen LogP contribution < -0.4 is 0 Å². The average molecular weight is 284 g/mol. The number of benzene rings is 1. The summed E-state index contributed by atoms with van der Waals surface area (Å²) in [6.07, 6.45) is -0.515. The summed E-state index contributed by atoms with van der Waals surface area (Å²) in [6.45, 7) is 7.04. The SMILES string of the molecule is CC(C)OP(=O)(C#Cc1ccc(F)cc1)OC(C)C. The molecule has 0 atom stereocenters. The lowest BCUT2D eigenvalue weighted by atomic mass is 10.2. The van der Waals surface area contributed by atoms with Crippen LogP contribution in [0.3, 0.4) is 0 Å². The Bertz CT molecular complexity index is 498. The zero-order valence-electron chi connectivity index (χ0n) is 11.5. The Morgan fingerprint density at radius 3 is 1.95 bits per heavy atom. The van der Waals surface area contributed by atoms with Crippen LogP contribution >= 0.6 is 7.60 Å². The molecule has 1 rings (SSSR count). The van der Waals surface area contributed by atoms with Gasteiger partial charge in [0.15, 0.2) is 0 Å². The van der Waals surface area contributed by atoms with Gasteiger partial charge in [-0.3, -0.25) is 9.05 Å². The van der Waals surface area contributed by atoms with Crippen LogP contribution in [0.1, 0.15) is 33.3 Å². The van der Waals surface area contributed by atoms with Gasteiger partial charge in [0.2, 0.25) is 0 Å². The first-order valence-electron chi connectivity index (χ1n) is 6.06. The first-order valence-corrected chi connectivity index (χ1v) is 7.61. The first kappa shape index (κ1) is 15.9. The standard InChI is InChI=1S/C14H18FO3P/c1-11(2)17-19(16,18-12(3)4)10-9-13-5-7-14(15)8-6-13/h5-8,11-12H,1-4H3. The van der Waals surface area contributed by atoms with Gasteiger partial charge >= 0.3 is 7.60 Å². The number of halogens is 1. The summed E-state index contributed by atoms with van der Waals surface area (Å²) in [5, 5.41) is 0. The maximum absolute atomic E-state index is 12.8. The molecule has 0 aliphatic heterocycles. The van der Waals surface area contributed by atoms with E-state index in [2.05, 4.69) is 11.6 Å². The summed E-state index contributed by atoms with van der Waals surface area (Å²) in [4.78, 5) is 0. The Labute approximate surface area is 113 Å². The van der Waals surface area contributed by atoms with Crippen LogP contribution in [0.5, 0.6) is 0 Å². The third-order valence-corrected chi connectivity index (χ3v) is 3.66. The van der Waals surface area contributed by atoms with Gasteiger partial charge in [-0.15, -0.1) is 0 Å². The summed E-state index contributed by atoms with van der Waals surface area (Å²) in [5.74, 6) is 2.35. The minimum atomic E-state index is -3.46. The second kappa shape index (κ2) is 6.86. The van der Waals surface area contributed by atoms with E-state index in [0.717, 1.165) is 0 Å². The average Bonchev–Trinajstić information content (AvgIpc) is 2.26. The van der Waals surface area contributed by atoms with E-state index in [1.165, 1.54) is 24.3 Å². The fraction of sp³-hybridized carbons (Fsp3) is 0.429. The van der Waals surface area contributed by atoms with Gasteiger partial charge in [0.1, 0.15) is 5.82 Å². The largest absolute Gasteiger partial charge is 0.406 e. The number of rotatable bonds is 4.